The molecule has 0 spiro atoms. The van der Waals surface area contributed by atoms with E-state index in [-0.39, 0.29) is 0 Å². The highest BCUT2D eigenvalue weighted by molar-refractivity contribution is 5.82. The minimum absolute atomic E-state index is 0.968. The van der Waals surface area contributed by atoms with E-state index in [1.807, 2.05) is 25.6 Å². The molecule has 0 radical (unpaired) electrons. The summed E-state index contributed by atoms with van der Waals surface area (Å²) in [5.41, 5.74) is 3.09. The summed E-state index contributed by atoms with van der Waals surface area (Å²) in [4.78, 5) is 4.60. The van der Waals surface area contributed by atoms with Crippen LogP contribution < -0.4 is 0 Å². The van der Waals surface area contributed by atoms with Crippen LogP contribution in [-0.2, 0) is 11.9 Å². The van der Waals surface area contributed by atoms with E-state index >= 15 is 0 Å². The van der Waals surface area contributed by atoms with Crippen molar-refractivity contribution in [2.75, 3.05) is 7.11 Å². The van der Waals surface area contributed by atoms with Crippen molar-refractivity contribution < 1.29 is 4.84 Å². The monoisotopic (exact) mass is 167 g/mol. The van der Waals surface area contributed by atoms with Gasteiger partial charge >= 0.3 is 0 Å². The Balaban J connectivity index is 3.05. The van der Waals surface area contributed by atoms with Crippen molar-refractivity contribution in [2.45, 2.75) is 13.8 Å². The van der Waals surface area contributed by atoms with E-state index in [1.54, 1.807) is 6.21 Å². The number of rotatable bonds is 2. The Morgan fingerprint density at radius 1 is 1.50 bits per heavy atom. The first kappa shape index (κ1) is 8.77. The van der Waals surface area contributed by atoms with Gasteiger partial charge < -0.3 is 4.84 Å². The number of nitrogens with zero attached hydrogens (tertiary/aromatic N) is 3. The minimum atomic E-state index is 0.968. The van der Waals surface area contributed by atoms with Crippen LogP contribution in [0.1, 0.15) is 17.0 Å². The quantitative estimate of drug-likeness (QED) is 0.487. The lowest BCUT2D eigenvalue weighted by atomic mass is 10.2. The lowest BCUT2D eigenvalue weighted by Crippen LogP contribution is -1.93. The lowest BCUT2D eigenvalue weighted by molar-refractivity contribution is 0.215. The summed E-state index contributed by atoms with van der Waals surface area (Å²) in [7, 11) is 3.43. The van der Waals surface area contributed by atoms with Crippen LogP contribution in [0.4, 0.5) is 0 Å². The average Bonchev–Trinajstić information content (AvgIpc) is 2.25. The smallest absolute Gasteiger partial charge is 0.106 e. The Bertz CT molecular complexity index is 301. The summed E-state index contributed by atoms with van der Waals surface area (Å²) in [6.07, 6.45) is 1.68. The number of oxime groups is 1. The standard InChI is InChI=1S/C8H13N3O/c1-6-8(5-9-12-4)7(2)11(3)10-6/h5H,1-4H3/b9-5+. The molecule has 0 unspecified atom stereocenters. The van der Waals surface area contributed by atoms with Crippen molar-refractivity contribution in [3.05, 3.63) is 17.0 Å². The fourth-order valence-electron chi connectivity index (χ4n) is 1.08. The number of aromatic nitrogens is 2. The molecule has 4 nitrogen and oxygen atoms in total. The zero-order valence-electron chi connectivity index (χ0n) is 7.83. The van der Waals surface area contributed by atoms with E-state index < -0.39 is 0 Å². The highest BCUT2D eigenvalue weighted by Crippen LogP contribution is 2.08. The van der Waals surface area contributed by atoms with Crippen LogP contribution >= 0.6 is 0 Å². The number of aryl methyl sites for hydroxylation is 2. The fraction of sp³-hybridized carbons (Fsp3) is 0.500. The lowest BCUT2D eigenvalue weighted by Gasteiger charge is -1.92. The maximum atomic E-state index is 4.60. The molecule has 0 bridgehead atoms. The van der Waals surface area contributed by atoms with E-state index in [0.717, 1.165) is 17.0 Å². The van der Waals surface area contributed by atoms with Crippen molar-refractivity contribution in [1.82, 2.24) is 9.78 Å². The van der Waals surface area contributed by atoms with Crippen LogP contribution in [0.5, 0.6) is 0 Å². The van der Waals surface area contributed by atoms with Gasteiger partial charge in [0, 0.05) is 18.3 Å². The summed E-state index contributed by atoms with van der Waals surface area (Å²) >= 11 is 0. The third-order valence-electron chi connectivity index (χ3n) is 1.85. The van der Waals surface area contributed by atoms with E-state index in [2.05, 4.69) is 15.1 Å². The minimum Gasteiger partial charge on any atom is -0.399 e. The normalized spacial score (nSPS) is 11.0. The number of hydrogen-bond acceptors (Lipinski definition) is 3. The van der Waals surface area contributed by atoms with Gasteiger partial charge in [-0.05, 0) is 13.8 Å². The molecular weight excluding hydrogens is 154 g/mol. The van der Waals surface area contributed by atoms with Gasteiger partial charge in [-0.15, -0.1) is 0 Å². The molecule has 0 aromatic carbocycles. The zero-order valence-corrected chi connectivity index (χ0v) is 7.83. The predicted molar refractivity (Wildman–Crippen MR) is 47.3 cm³/mol. The maximum Gasteiger partial charge on any atom is 0.106 e. The Hall–Kier alpha value is -1.32. The third kappa shape index (κ3) is 1.47. The molecule has 0 saturated heterocycles. The first-order valence-electron chi connectivity index (χ1n) is 3.73. The van der Waals surface area contributed by atoms with Gasteiger partial charge in [0.15, 0.2) is 0 Å². The SMILES string of the molecule is CO/N=C/c1c(C)nn(C)c1C. The molecule has 66 valence electrons. The van der Waals surface area contributed by atoms with Gasteiger partial charge in [-0.1, -0.05) is 5.16 Å². The molecule has 0 atom stereocenters. The van der Waals surface area contributed by atoms with Crippen LogP contribution in [0.25, 0.3) is 0 Å². The molecular formula is C8H13N3O. The first-order valence-corrected chi connectivity index (χ1v) is 3.73. The molecule has 1 aromatic rings. The van der Waals surface area contributed by atoms with Crippen molar-refractivity contribution in [3.8, 4) is 0 Å². The van der Waals surface area contributed by atoms with E-state index in [4.69, 9.17) is 0 Å². The van der Waals surface area contributed by atoms with Crippen LogP contribution in [0, 0.1) is 13.8 Å². The summed E-state index contributed by atoms with van der Waals surface area (Å²) in [5.74, 6) is 0. The van der Waals surface area contributed by atoms with Crippen LogP contribution in [0.15, 0.2) is 5.16 Å². The van der Waals surface area contributed by atoms with Crippen molar-refractivity contribution in [2.24, 2.45) is 12.2 Å². The van der Waals surface area contributed by atoms with Gasteiger partial charge in [0.05, 0.1) is 11.9 Å². The van der Waals surface area contributed by atoms with Crippen molar-refractivity contribution in [1.29, 1.82) is 0 Å². The predicted octanol–water partition coefficient (Wildman–Crippen LogP) is 1.02. The van der Waals surface area contributed by atoms with E-state index in [9.17, 15) is 0 Å². The van der Waals surface area contributed by atoms with Crippen molar-refractivity contribution >= 4 is 6.21 Å². The Morgan fingerprint density at radius 3 is 2.58 bits per heavy atom. The highest BCUT2D eigenvalue weighted by atomic mass is 16.6. The Kier molecular flexibility index (Phi) is 2.47. The molecule has 0 fully saturated rings. The maximum absolute atomic E-state index is 4.60. The molecule has 0 aliphatic carbocycles. The summed E-state index contributed by atoms with van der Waals surface area (Å²) in [6.45, 7) is 3.95. The van der Waals surface area contributed by atoms with Crippen LogP contribution in [0.2, 0.25) is 0 Å². The zero-order chi connectivity index (χ0) is 9.14. The second kappa shape index (κ2) is 3.38. The molecule has 1 aromatic heterocycles. The molecule has 0 saturated carbocycles. The Morgan fingerprint density at radius 2 is 2.17 bits per heavy atom. The number of hydrogen-bond donors (Lipinski definition) is 0. The van der Waals surface area contributed by atoms with Gasteiger partial charge in [0.25, 0.3) is 0 Å². The first-order chi connectivity index (χ1) is 5.66. The fourth-order valence-corrected chi connectivity index (χ4v) is 1.08. The molecule has 1 heterocycles. The van der Waals surface area contributed by atoms with Crippen LogP contribution in [-0.4, -0.2) is 23.1 Å². The second-order valence-corrected chi connectivity index (χ2v) is 2.63. The summed E-state index contributed by atoms with van der Waals surface area (Å²) < 4.78 is 1.83. The molecule has 0 aliphatic rings. The molecule has 4 heteroatoms. The topological polar surface area (TPSA) is 39.4 Å². The van der Waals surface area contributed by atoms with Crippen molar-refractivity contribution in [3.63, 3.8) is 0 Å². The average molecular weight is 167 g/mol. The van der Waals surface area contributed by atoms with Gasteiger partial charge in [-0.25, -0.2) is 0 Å². The van der Waals surface area contributed by atoms with E-state index in [1.165, 1.54) is 7.11 Å². The Labute approximate surface area is 71.8 Å². The molecule has 0 aliphatic heterocycles. The molecule has 12 heavy (non-hydrogen) atoms. The van der Waals surface area contributed by atoms with Gasteiger partial charge in [-0.3, -0.25) is 4.68 Å². The molecule has 0 amide bonds. The molecule has 0 N–H and O–H groups in total. The third-order valence-corrected chi connectivity index (χ3v) is 1.85. The largest absolute Gasteiger partial charge is 0.399 e. The van der Waals surface area contributed by atoms with Gasteiger partial charge in [-0.2, -0.15) is 5.10 Å². The summed E-state index contributed by atoms with van der Waals surface area (Å²) in [6, 6.07) is 0. The van der Waals surface area contributed by atoms with Gasteiger partial charge in [0.1, 0.15) is 7.11 Å². The summed E-state index contributed by atoms with van der Waals surface area (Å²) in [5, 5.41) is 7.93. The van der Waals surface area contributed by atoms with Gasteiger partial charge in [0.2, 0.25) is 0 Å². The highest BCUT2D eigenvalue weighted by Gasteiger charge is 2.05. The van der Waals surface area contributed by atoms with Crippen LogP contribution in [0.3, 0.4) is 0 Å². The second-order valence-electron chi connectivity index (χ2n) is 2.63. The van der Waals surface area contributed by atoms with E-state index in [0.29, 0.717) is 0 Å². The molecule has 1 rings (SSSR count).